The summed E-state index contributed by atoms with van der Waals surface area (Å²) in [6.45, 7) is 1.92. The van der Waals surface area contributed by atoms with Gasteiger partial charge in [-0.05, 0) is 25.1 Å². The van der Waals surface area contributed by atoms with E-state index >= 15 is 0 Å². The standard InChI is InChI=1S/C19H21NO3/c1-14(16-9-5-7-11-18(16)23-3)20-19(21)13-12-15-8-4-6-10-17(15)22-2/h4-14H,1-3H3,(H,20,21)/b13-12+/t14-/m0/s1. The number of nitrogens with one attached hydrogen (secondary N) is 1. The monoisotopic (exact) mass is 311 g/mol. The number of hydrogen-bond acceptors (Lipinski definition) is 3. The van der Waals surface area contributed by atoms with E-state index in [1.165, 1.54) is 6.08 Å². The van der Waals surface area contributed by atoms with Gasteiger partial charge in [0.1, 0.15) is 11.5 Å². The summed E-state index contributed by atoms with van der Waals surface area (Å²) in [4.78, 5) is 12.1. The number of methoxy groups -OCH3 is 2. The van der Waals surface area contributed by atoms with Crippen molar-refractivity contribution < 1.29 is 14.3 Å². The summed E-state index contributed by atoms with van der Waals surface area (Å²) in [5.74, 6) is 1.32. The second-order valence-corrected chi connectivity index (χ2v) is 5.05. The average molecular weight is 311 g/mol. The molecule has 1 N–H and O–H groups in total. The SMILES string of the molecule is COc1ccccc1/C=C/C(=O)N[C@@H](C)c1ccccc1OC. The number of benzene rings is 2. The predicted molar refractivity (Wildman–Crippen MR) is 91.6 cm³/mol. The molecule has 0 unspecified atom stereocenters. The maximum atomic E-state index is 12.1. The Morgan fingerprint density at radius 2 is 1.61 bits per heavy atom. The van der Waals surface area contributed by atoms with Crippen LogP contribution in [0.15, 0.2) is 54.6 Å². The number of rotatable bonds is 6. The van der Waals surface area contributed by atoms with Gasteiger partial charge in [-0.25, -0.2) is 0 Å². The molecule has 23 heavy (non-hydrogen) atoms. The molecule has 4 nitrogen and oxygen atoms in total. The van der Waals surface area contributed by atoms with Crippen molar-refractivity contribution >= 4 is 12.0 Å². The summed E-state index contributed by atoms with van der Waals surface area (Å²) in [5.41, 5.74) is 1.80. The second kappa shape index (κ2) is 8.03. The molecule has 0 aliphatic carbocycles. The zero-order valence-corrected chi connectivity index (χ0v) is 13.6. The Hall–Kier alpha value is -2.75. The largest absolute Gasteiger partial charge is 0.496 e. The smallest absolute Gasteiger partial charge is 0.244 e. The molecule has 0 spiro atoms. The van der Waals surface area contributed by atoms with Crippen LogP contribution >= 0.6 is 0 Å². The van der Waals surface area contributed by atoms with Crippen molar-refractivity contribution in [2.24, 2.45) is 0 Å². The number of carbonyl (C=O) groups is 1. The lowest BCUT2D eigenvalue weighted by atomic mass is 10.1. The van der Waals surface area contributed by atoms with Crippen LogP contribution in [0.1, 0.15) is 24.1 Å². The molecule has 4 heteroatoms. The van der Waals surface area contributed by atoms with Crippen LogP contribution in [0.25, 0.3) is 6.08 Å². The Morgan fingerprint density at radius 3 is 2.30 bits per heavy atom. The minimum atomic E-state index is -0.172. The lowest BCUT2D eigenvalue weighted by molar-refractivity contribution is -0.117. The third kappa shape index (κ3) is 4.36. The van der Waals surface area contributed by atoms with Crippen molar-refractivity contribution in [3.8, 4) is 11.5 Å². The fourth-order valence-electron chi connectivity index (χ4n) is 2.33. The van der Waals surface area contributed by atoms with Crippen LogP contribution in [-0.4, -0.2) is 20.1 Å². The van der Waals surface area contributed by atoms with Gasteiger partial charge >= 0.3 is 0 Å². The Bertz CT molecular complexity index is 695. The van der Waals surface area contributed by atoms with Gasteiger partial charge in [-0.1, -0.05) is 36.4 Å². The summed E-state index contributed by atoms with van der Waals surface area (Å²) >= 11 is 0. The zero-order chi connectivity index (χ0) is 16.7. The van der Waals surface area contributed by atoms with E-state index in [0.29, 0.717) is 0 Å². The van der Waals surface area contributed by atoms with Crippen LogP contribution in [-0.2, 0) is 4.79 Å². The maximum Gasteiger partial charge on any atom is 0.244 e. The molecule has 0 heterocycles. The quantitative estimate of drug-likeness (QED) is 0.829. The summed E-state index contributed by atoms with van der Waals surface area (Å²) in [7, 11) is 3.23. The van der Waals surface area contributed by atoms with Gasteiger partial charge in [0.15, 0.2) is 0 Å². The zero-order valence-electron chi connectivity index (χ0n) is 13.6. The molecule has 1 amide bonds. The molecule has 0 aliphatic rings. The molecule has 2 aromatic carbocycles. The minimum Gasteiger partial charge on any atom is -0.496 e. The summed E-state index contributed by atoms with van der Waals surface area (Å²) in [6, 6.07) is 15.0. The van der Waals surface area contributed by atoms with Crippen LogP contribution < -0.4 is 14.8 Å². The molecular formula is C19H21NO3. The first-order chi connectivity index (χ1) is 11.2. The van der Waals surface area contributed by atoms with E-state index in [1.807, 2.05) is 55.5 Å². The van der Waals surface area contributed by atoms with E-state index < -0.39 is 0 Å². The fourth-order valence-corrected chi connectivity index (χ4v) is 2.33. The van der Waals surface area contributed by atoms with Crippen LogP contribution in [0, 0.1) is 0 Å². The second-order valence-electron chi connectivity index (χ2n) is 5.05. The van der Waals surface area contributed by atoms with Crippen LogP contribution in [0.3, 0.4) is 0 Å². The van der Waals surface area contributed by atoms with Crippen molar-refractivity contribution in [1.29, 1.82) is 0 Å². The van der Waals surface area contributed by atoms with Crippen LogP contribution in [0.5, 0.6) is 11.5 Å². The molecule has 0 aliphatic heterocycles. The molecule has 0 aromatic heterocycles. The summed E-state index contributed by atoms with van der Waals surface area (Å²) in [5, 5.41) is 2.93. The van der Waals surface area contributed by atoms with Crippen molar-refractivity contribution in [2.75, 3.05) is 14.2 Å². The van der Waals surface area contributed by atoms with E-state index in [0.717, 1.165) is 22.6 Å². The third-order valence-electron chi connectivity index (χ3n) is 3.52. The Balaban J connectivity index is 2.05. The van der Waals surface area contributed by atoms with Gasteiger partial charge < -0.3 is 14.8 Å². The number of para-hydroxylation sites is 2. The summed E-state index contributed by atoms with van der Waals surface area (Å²) < 4.78 is 10.6. The highest BCUT2D eigenvalue weighted by atomic mass is 16.5. The molecule has 0 saturated carbocycles. The van der Waals surface area contributed by atoms with Gasteiger partial charge in [-0.15, -0.1) is 0 Å². The molecule has 0 saturated heterocycles. The van der Waals surface area contributed by atoms with E-state index in [2.05, 4.69) is 5.32 Å². The molecule has 0 radical (unpaired) electrons. The molecular weight excluding hydrogens is 290 g/mol. The number of carbonyl (C=O) groups excluding carboxylic acids is 1. The Labute approximate surface area is 136 Å². The molecule has 1 atom stereocenters. The topological polar surface area (TPSA) is 47.6 Å². The highest BCUT2D eigenvalue weighted by Gasteiger charge is 2.12. The maximum absolute atomic E-state index is 12.1. The van der Waals surface area contributed by atoms with Crippen molar-refractivity contribution in [2.45, 2.75) is 13.0 Å². The highest BCUT2D eigenvalue weighted by molar-refractivity contribution is 5.92. The van der Waals surface area contributed by atoms with Gasteiger partial charge in [0.25, 0.3) is 0 Å². The Kier molecular flexibility index (Phi) is 5.80. The molecule has 0 fully saturated rings. The van der Waals surface area contributed by atoms with Gasteiger partial charge in [0.05, 0.1) is 20.3 Å². The van der Waals surface area contributed by atoms with E-state index in [9.17, 15) is 4.79 Å². The normalized spacial score (nSPS) is 12.0. The number of hydrogen-bond donors (Lipinski definition) is 1. The van der Waals surface area contributed by atoms with Gasteiger partial charge in [-0.3, -0.25) is 4.79 Å². The van der Waals surface area contributed by atoms with E-state index in [1.54, 1.807) is 20.3 Å². The number of amides is 1. The van der Waals surface area contributed by atoms with Gasteiger partial charge in [0, 0.05) is 17.2 Å². The van der Waals surface area contributed by atoms with Gasteiger partial charge in [0.2, 0.25) is 5.91 Å². The van der Waals surface area contributed by atoms with Crippen LogP contribution in [0.2, 0.25) is 0 Å². The molecule has 120 valence electrons. The summed E-state index contributed by atoms with van der Waals surface area (Å²) in [6.07, 6.45) is 3.24. The highest BCUT2D eigenvalue weighted by Crippen LogP contribution is 2.24. The predicted octanol–water partition coefficient (Wildman–Crippen LogP) is 3.59. The first-order valence-corrected chi connectivity index (χ1v) is 7.40. The van der Waals surface area contributed by atoms with Crippen molar-refractivity contribution in [3.63, 3.8) is 0 Å². The lowest BCUT2D eigenvalue weighted by Crippen LogP contribution is -2.24. The van der Waals surface area contributed by atoms with Crippen LogP contribution in [0.4, 0.5) is 0 Å². The molecule has 0 bridgehead atoms. The van der Waals surface area contributed by atoms with Crippen molar-refractivity contribution in [1.82, 2.24) is 5.32 Å². The molecule has 2 rings (SSSR count). The molecule has 2 aromatic rings. The minimum absolute atomic E-state index is 0.152. The van der Waals surface area contributed by atoms with Crippen molar-refractivity contribution in [3.05, 3.63) is 65.7 Å². The Morgan fingerprint density at radius 1 is 1.00 bits per heavy atom. The third-order valence-corrected chi connectivity index (χ3v) is 3.52. The lowest BCUT2D eigenvalue weighted by Gasteiger charge is -2.16. The number of ether oxygens (including phenoxy) is 2. The van der Waals surface area contributed by atoms with E-state index in [4.69, 9.17) is 9.47 Å². The first-order valence-electron chi connectivity index (χ1n) is 7.40. The fraction of sp³-hybridized carbons (Fsp3) is 0.211. The van der Waals surface area contributed by atoms with Gasteiger partial charge in [-0.2, -0.15) is 0 Å². The first kappa shape index (κ1) is 16.6. The average Bonchev–Trinajstić information content (AvgIpc) is 2.60. The van der Waals surface area contributed by atoms with E-state index in [-0.39, 0.29) is 11.9 Å².